The van der Waals surface area contributed by atoms with E-state index >= 15 is 0 Å². The third-order valence-electron chi connectivity index (χ3n) is 4.12. The lowest BCUT2D eigenvalue weighted by Crippen LogP contribution is -2.48. The van der Waals surface area contributed by atoms with Crippen LogP contribution in [0.25, 0.3) is 0 Å². The highest BCUT2D eigenvalue weighted by molar-refractivity contribution is 5.94. The van der Waals surface area contributed by atoms with Gasteiger partial charge < -0.3 is 14.5 Å². The molecule has 0 N–H and O–H groups in total. The van der Waals surface area contributed by atoms with E-state index in [1.807, 2.05) is 0 Å². The Morgan fingerprint density at radius 1 is 0.920 bits per heavy atom. The predicted molar refractivity (Wildman–Crippen MR) is 92.3 cm³/mol. The van der Waals surface area contributed by atoms with E-state index in [1.54, 1.807) is 41.3 Å². The second kappa shape index (κ2) is 7.34. The molecular formula is C19H19FN2O3. The molecule has 1 saturated heterocycles. The highest BCUT2D eigenvalue weighted by Crippen LogP contribution is 2.19. The van der Waals surface area contributed by atoms with Crippen LogP contribution < -0.4 is 9.64 Å². The fraction of sp³-hybridized carbons (Fsp3) is 0.263. The average molecular weight is 342 g/mol. The van der Waals surface area contributed by atoms with E-state index in [0.29, 0.717) is 37.5 Å². The van der Waals surface area contributed by atoms with Crippen LogP contribution in [0.3, 0.4) is 0 Å². The molecule has 1 heterocycles. The van der Waals surface area contributed by atoms with Gasteiger partial charge in [0.15, 0.2) is 0 Å². The molecule has 1 amide bonds. The van der Waals surface area contributed by atoms with Crippen molar-refractivity contribution in [2.75, 3.05) is 31.1 Å². The Kier molecular flexibility index (Phi) is 4.97. The van der Waals surface area contributed by atoms with Crippen molar-refractivity contribution in [2.24, 2.45) is 0 Å². The first kappa shape index (κ1) is 17.0. The van der Waals surface area contributed by atoms with Crippen molar-refractivity contribution in [2.45, 2.75) is 6.92 Å². The quantitative estimate of drug-likeness (QED) is 0.636. The molecule has 130 valence electrons. The number of ether oxygens (including phenoxy) is 1. The van der Waals surface area contributed by atoms with Gasteiger partial charge in [0, 0.05) is 44.4 Å². The molecule has 25 heavy (non-hydrogen) atoms. The van der Waals surface area contributed by atoms with Crippen molar-refractivity contribution in [3.05, 3.63) is 59.9 Å². The molecule has 5 nitrogen and oxygen atoms in total. The molecule has 0 aromatic heterocycles. The smallest absolute Gasteiger partial charge is 0.308 e. The maximum Gasteiger partial charge on any atom is 0.308 e. The zero-order valence-corrected chi connectivity index (χ0v) is 13.9. The molecule has 2 aromatic carbocycles. The topological polar surface area (TPSA) is 49.9 Å². The van der Waals surface area contributed by atoms with Gasteiger partial charge >= 0.3 is 5.97 Å². The minimum absolute atomic E-state index is 0.0480. The van der Waals surface area contributed by atoms with Crippen molar-refractivity contribution in [3.63, 3.8) is 0 Å². The number of esters is 1. The Hall–Kier alpha value is -2.89. The van der Waals surface area contributed by atoms with Gasteiger partial charge in [0.25, 0.3) is 5.91 Å². The van der Waals surface area contributed by atoms with Gasteiger partial charge in [0.1, 0.15) is 11.6 Å². The Labute approximate surface area is 145 Å². The summed E-state index contributed by atoms with van der Waals surface area (Å²) in [6.45, 7) is 3.93. The predicted octanol–water partition coefficient (Wildman–Crippen LogP) is 2.71. The molecule has 0 radical (unpaired) electrons. The number of amides is 1. The van der Waals surface area contributed by atoms with Crippen molar-refractivity contribution >= 4 is 17.6 Å². The lowest BCUT2D eigenvalue weighted by Gasteiger charge is -2.36. The lowest BCUT2D eigenvalue weighted by molar-refractivity contribution is -0.131. The molecule has 1 fully saturated rings. The molecule has 0 atom stereocenters. The van der Waals surface area contributed by atoms with Crippen LogP contribution in [0.5, 0.6) is 5.75 Å². The Balaban J connectivity index is 1.59. The van der Waals surface area contributed by atoms with Gasteiger partial charge in [-0.05, 0) is 48.5 Å². The summed E-state index contributed by atoms with van der Waals surface area (Å²) in [6.07, 6.45) is 0. The van der Waals surface area contributed by atoms with Gasteiger partial charge in [0.2, 0.25) is 0 Å². The fourth-order valence-electron chi connectivity index (χ4n) is 2.83. The highest BCUT2D eigenvalue weighted by Gasteiger charge is 2.22. The van der Waals surface area contributed by atoms with E-state index in [2.05, 4.69) is 4.90 Å². The molecule has 3 rings (SSSR count). The first-order valence-corrected chi connectivity index (χ1v) is 8.11. The van der Waals surface area contributed by atoms with Crippen LogP contribution >= 0.6 is 0 Å². The van der Waals surface area contributed by atoms with Gasteiger partial charge in [-0.25, -0.2) is 4.39 Å². The maximum absolute atomic E-state index is 13.0. The van der Waals surface area contributed by atoms with Crippen LogP contribution in [0.2, 0.25) is 0 Å². The van der Waals surface area contributed by atoms with E-state index in [-0.39, 0.29) is 11.7 Å². The third-order valence-corrected chi connectivity index (χ3v) is 4.12. The summed E-state index contributed by atoms with van der Waals surface area (Å²) in [4.78, 5) is 27.4. The van der Waals surface area contributed by atoms with Crippen molar-refractivity contribution in [3.8, 4) is 5.75 Å². The second-order valence-electron chi connectivity index (χ2n) is 5.87. The van der Waals surface area contributed by atoms with Gasteiger partial charge in [-0.2, -0.15) is 0 Å². The largest absolute Gasteiger partial charge is 0.427 e. The number of anilines is 1. The normalized spacial score (nSPS) is 14.3. The van der Waals surface area contributed by atoms with Crippen LogP contribution in [-0.2, 0) is 4.79 Å². The molecule has 1 aliphatic rings. The Morgan fingerprint density at radius 3 is 2.08 bits per heavy atom. The van der Waals surface area contributed by atoms with E-state index in [1.165, 1.54) is 19.1 Å². The van der Waals surface area contributed by atoms with E-state index < -0.39 is 5.97 Å². The third kappa shape index (κ3) is 4.15. The number of halogens is 1. The number of nitrogens with zero attached hydrogens (tertiary/aromatic N) is 2. The highest BCUT2D eigenvalue weighted by atomic mass is 19.1. The molecular weight excluding hydrogens is 323 g/mol. The minimum Gasteiger partial charge on any atom is -0.427 e. The van der Waals surface area contributed by atoms with E-state index in [4.69, 9.17) is 4.74 Å². The number of piperazine rings is 1. The van der Waals surface area contributed by atoms with Gasteiger partial charge in [-0.15, -0.1) is 0 Å². The molecule has 0 bridgehead atoms. The van der Waals surface area contributed by atoms with E-state index in [9.17, 15) is 14.0 Å². The number of carbonyl (C=O) groups is 2. The van der Waals surface area contributed by atoms with Crippen LogP contribution in [0.4, 0.5) is 10.1 Å². The molecule has 0 spiro atoms. The lowest BCUT2D eigenvalue weighted by atomic mass is 10.1. The standard InChI is InChI=1S/C19H19FN2O3/c1-14(23)25-18-8-2-15(3-9-18)19(24)22-12-10-21(11-13-22)17-6-4-16(20)5-7-17/h2-9H,10-13H2,1H3. The maximum atomic E-state index is 13.0. The van der Waals surface area contributed by atoms with Crippen LogP contribution in [-0.4, -0.2) is 43.0 Å². The number of carbonyl (C=O) groups excluding carboxylic acids is 2. The summed E-state index contributed by atoms with van der Waals surface area (Å²) in [7, 11) is 0. The van der Waals surface area contributed by atoms with Gasteiger partial charge in [-0.3, -0.25) is 9.59 Å². The first-order chi connectivity index (χ1) is 12.0. The number of hydrogen-bond donors (Lipinski definition) is 0. The zero-order chi connectivity index (χ0) is 17.8. The average Bonchev–Trinajstić information content (AvgIpc) is 2.62. The van der Waals surface area contributed by atoms with Crippen molar-refractivity contribution in [1.29, 1.82) is 0 Å². The SMILES string of the molecule is CC(=O)Oc1ccc(C(=O)N2CCN(c3ccc(F)cc3)CC2)cc1. The number of rotatable bonds is 3. The van der Waals surface area contributed by atoms with Crippen LogP contribution in [0.1, 0.15) is 17.3 Å². The number of benzene rings is 2. The number of hydrogen-bond acceptors (Lipinski definition) is 4. The fourth-order valence-corrected chi connectivity index (χ4v) is 2.83. The van der Waals surface area contributed by atoms with Gasteiger partial charge in [0.05, 0.1) is 0 Å². The Bertz CT molecular complexity index is 751. The zero-order valence-electron chi connectivity index (χ0n) is 13.9. The summed E-state index contributed by atoms with van der Waals surface area (Å²) in [6, 6.07) is 12.9. The molecule has 0 unspecified atom stereocenters. The summed E-state index contributed by atoms with van der Waals surface area (Å²) >= 11 is 0. The van der Waals surface area contributed by atoms with Crippen LogP contribution in [0.15, 0.2) is 48.5 Å². The summed E-state index contributed by atoms with van der Waals surface area (Å²) in [5, 5.41) is 0. The van der Waals surface area contributed by atoms with Crippen molar-refractivity contribution in [1.82, 2.24) is 4.90 Å². The molecule has 2 aromatic rings. The molecule has 1 aliphatic heterocycles. The summed E-state index contributed by atoms with van der Waals surface area (Å²) < 4.78 is 18.0. The van der Waals surface area contributed by atoms with Gasteiger partial charge in [-0.1, -0.05) is 0 Å². The second-order valence-corrected chi connectivity index (χ2v) is 5.87. The van der Waals surface area contributed by atoms with E-state index in [0.717, 1.165) is 5.69 Å². The van der Waals surface area contributed by atoms with Crippen molar-refractivity contribution < 1.29 is 18.7 Å². The monoisotopic (exact) mass is 342 g/mol. The minimum atomic E-state index is -0.393. The summed E-state index contributed by atoms with van der Waals surface area (Å²) in [5.74, 6) is -0.274. The summed E-state index contributed by atoms with van der Waals surface area (Å²) in [5.41, 5.74) is 1.52. The molecule has 0 saturated carbocycles. The Morgan fingerprint density at radius 2 is 1.52 bits per heavy atom. The molecule has 0 aliphatic carbocycles. The molecule has 6 heteroatoms. The van der Waals surface area contributed by atoms with Crippen LogP contribution in [0, 0.1) is 5.82 Å². The first-order valence-electron chi connectivity index (χ1n) is 8.11.